The zero-order valence-electron chi connectivity index (χ0n) is 15.5. The summed E-state index contributed by atoms with van der Waals surface area (Å²) in [6.07, 6.45) is 9.29. The van der Waals surface area contributed by atoms with Gasteiger partial charge in [-0.15, -0.1) is 11.3 Å². The van der Waals surface area contributed by atoms with Gasteiger partial charge in [-0.05, 0) is 51.0 Å². The first-order valence-corrected chi connectivity index (χ1v) is 10.3. The number of nitrogens with one attached hydrogen (secondary N) is 1. The van der Waals surface area contributed by atoms with Gasteiger partial charge in [0.05, 0.1) is 24.0 Å². The first kappa shape index (κ1) is 19.6. The number of carboxylic acid groups (broad SMARTS) is 1. The van der Waals surface area contributed by atoms with Gasteiger partial charge in [-0.25, -0.2) is 4.79 Å². The third kappa shape index (κ3) is 4.24. The lowest BCUT2D eigenvalue weighted by Crippen LogP contribution is -2.34. The lowest BCUT2D eigenvalue weighted by molar-refractivity contribution is -0.146. The molecule has 0 aliphatic heterocycles. The highest BCUT2D eigenvalue weighted by Gasteiger charge is 2.35. The van der Waals surface area contributed by atoms with E-state index in [0.29, 0.717) is 23.4 Å². The predicted molar refractivity (Wildman–Crippen MR) is 103 cm³/mol. The highest BCUT2D eigenvalue weighted by Crippen LogP contribution is 2.39. The van der Waals surface area contributed by atoms with Gasteiger partial charge >= 0.3 is 11.9 Å². The molecule has 3 rings (SSSR count). The van der Waals surface area contributed by atoms with Crippen LogP contribution in [0, 0.1) is 11.8 Å². The molecule has 1 aromatic rings. The molecule has 27 heavy (non-hydrogen) atoms. The molecule has 2 N–H and O–H groups in total. The third-order valence-electron chi connectivity index (χ3n) is 5.22. The zero-order valence-corrected chi connectivity index (χ0v) is 16.3. The summed E-state index contributed by atoms with van der Waals surface area (Å²) in [4.78, 5) is 38.0. The Bertz CT molecular complexity index is 767. The summed E-state index contributed by atoms with van der Waals surface area (Å²) in [5.74, 6) is -3.09. The van der Waals surface area contributed by atoms with Gasteiger partial charge in [-0.2, -0.15) is 0 Å². The molecule has 0 radical (unpaired) electrons. The van der Waals surface area contributed by atoms with Crippen LogP contribution < -0.4 is 5.32 Å². The summed E-state index contributed by atoms with van der Waals surface area (Å²) < 4.78 is 5.23. The monoisotopic (exact) mass is 391 g/mol. The molecule has 6 nitrogen and oxygen atoms in total. The van der Waals surface area contributed by atoms with Crippen molar-refractivity contribution >= 4 is 34.2 Å². The summed E-state index contributed by atoms with van der Waals surface area (Å²) in [7, 11) is 0. The minimum atomic E-state index is -0.966. The Balaban J connectivity index is 1.89. The first-order chi connectivity index (χ1) is 13.0. The number of allylic oxidation sites excluding steroid dienone is 2. The van der Waals surface area contributed by atoms with Crippen LogP contribution >= 0.6 is 11.3 Å². The van der Waals surface area contributed by atoms with Gasteiger partial charge in [0.25, 0.3) is 0 Å². The fourth-order valence-electron chi connectivity index (χ4n) is 3.83. The molecule has 2 aliphatic rings. The molecule has 0 unspecified atom stereocenters. The smallest absolute Gasteiger partial charge is 0.341 e. The molecule has 0 saturated carbocycles. The number of carbonyl (C=O) groups is 3. The second-order valence-electron chi connectivity index (χ2n) is 6.97. The van der Waals surface area contributed by atoms with Crippen LogP contribution in [0.25, 0.3) is 0 Å². The number of aliphatic carboxylic acids is 1. The molecular weight excluding hydrogens is 366 g/mol. The van der Waals surface area contributed by atoms with E-state index in [0.717, 1.165) is 42.5 Å². The molecule has 0 bridgehead atoms. The number of carboxylic acids is 1. The van der Waals surface area contributed by atoms with Crippen LogP contribution in [0.2, 0.25) is 0 Å². The number of rotatable bonds is 5. The van der Waals surface area contributed by atoms with Crippen LogP contribution in [0.15, 0.2) is 12.2 Å². The molecule has 0 saturated heterocycles. The van der Waals surface area contributed by atoms with Crippen molar-refractivity contribution in [2.75, 3.05) is 11.9 Å². The molecule has 146 valence electrons. The lowest BCUT2D eigenvalue weighted by atomic mass is 9.82. The van der Waals surface area contributed by atoms with Gasteiger partial charge < -0.3 is 15.2 Å². The SMILES string of the molecule is CCOC(=O)c1c(NC(=O)[C@H]2CC=CC[C@H]2C(=O)O)sc2c1CCCCC2. The van der Waals surface area contributed by atoms with Crippen molar-refractivity contribution in [2.45, 2.75) is 51.9 Å². The zero-order chi connectivity index (χ0) is 19.4. The second-order valence-corrected chi connectivity index (χ2v) is 8.08. The summed E-state index contributed by atoms with van der Waals surface area (Å²) in [6, 6.07) is 0. The maximum atomic E-state index is 12.8. The Kier molecular flexibility index (Phi) is 6.31. The normalized spacial score (nSPS) is 21.8. The van der Waals surface area contributed by atoms with Crippen molar-refractivity contribution in [3.05, 3.63) is 28.2 Å². The summed E-state index contributed by atoms with van der Waals surface area (Å²) >= 11 is 1.43. The van der Waals surface area contributed by atoms with E-state index in [1.807, 2.05) is 6.08 Å². The standard InChI is InChI=1S/C20H25NO5S/c1-2-26-20(25)16-14-10-4-3-5-11-15(14)27-18(16)21-17(22)12-8-6-7-9-13(12)19(23)24/h6-7,12-13H,2-5,8-11H2,1H3,(H,21,22)(H,23,24)/t12-,13+/m0/s1. The van der Waals surface area contributed by atoms with E-state index in [1.54, 1.807) is 13.0 Å². The molecule has 1 aromatic heterocycles. The van der Waals surface area contributed by atoms with Crippen LogP contribution in [0.1, 0.15) is 59.8 Å². The molecule has 0 fully saturated rings. The van der Waals surface area contributed by atoms with Crippen LogP contribution in [0.4, 0.5) is 5.00 Å². The van der Waals surface area contributed by atoms with Crippen molar-refractivity contribution in [1.29, 1.82) is 0 Å². The number of fused-ring (bicyclic) bond motifs is 1. The fourth-order valence-corrected chi connectivity index (χ4v) is 5.11. The van der Waals surface area contributed by atoms with Crippen molar-refractivity contribution in [3.8, 4) is 0 Å². The van der Waals surface area contributed by atoms with Gasteiger partial charge in [0.15, 0.2) is 0 Å². The summed E-state index contributed by atoms with van der Waals surface area (Å²) in [5.41, 5.74) is 1.45. The molecule has 0 aromatic carbocycles. The number of thiophene rings is 1. The van der Waals surface area contributed by atoms with Crippen molar-refractivity contribution in [1.82, 2.24) is 0 Å². The molecule has 1 amide bonds. The van der Waals surface area contributed by atoms with Gasteiger partial charge in [0, 0.05) is 4.88 Å². The summed E-state index contributed by atoms with van der Waals surface area (Å²) in [6.45, 7) is 2.03. The van der Waals surface area contributed by atoms with Crippen LogP contribution in [-0.2, 0) is 27.2 Å². The Labute approximate surface area is 162 Å². The van der Waals surface area contributed by atoms with Crippen LogP contribution in [0.5, 0.6) is 0 Å². The van der Waals surface area contributed by atoms with Crippen molar-refractivity contribution < 1.29 is 24.2 Å². The third-order valence-corrected chi connectivity index (χ3v) is 6.43. The topological polar surface area (TPSA) is 92.7 Å². The number of aryl methyl sites for hydroxylation is 1. The highest BCUT2D eigenvalue weighted by atomic mass is 32.1. The van der Waals surface area contributed by atoms with E-state index in [-0.39, 0.29) is 12.5 Å². The predicted octanol–water partition coefficient (Wildman–Crippen LogP) is 3.80. The quantitative estimate of drug-likeness (QED) is 0.452. The van der Waals surface area contributed by atoms with Crippen molar-refractivity contribution in [3.63, 3.8) is 0 Å². The number of hydrogen-bond acceptors (Lipinski definition) is 5. The molecule has 7 heteroatoms. The second kappa shape index (κ2) is 8.69. The molecule has 0 spiro atoms. The summed E-state index contributed by atoms with van der Waals surface area (Å²) in [5, 5.41) is 12.8. The van der Waals surface area contributed by atoms with Crippen LogP contribution in [-0.4, -0.2) is 29.6 Å². The maximum absolute atomic E-state index is 12.8. The van der Waals surface area contributed by atoms with E-state index in [1.165, 1.54) is 11.3 Å². The largest absolute Gasteiger partial charge is 0.481 e. The van der Waals surface area contributed by atoms with Gasteiger partial charge in [-0.1, -0.05) is 18.6 Å². The van der Waals surface area contributed by atoms with E-state index in [9.17, 15) is 19.5 Å². The Morgan fingerprint density at radius 3 is 2.56 bits per heavy atom. The van der Waals surface area contributed by atoms with Gasteiger partial charge in [0.2, 0.25) is 5.91 Å². The Morgan fingerprint density at radius 2 is 1.85 bits per heavy atom. The number of esters is 1. The molecule has 2 aliphatic carbocycles. The van der Waals surface area contributed by atoms with Gasteiger partial charge in [-0.3, -0.25) is 9.59 Å². The Morgan fingerprint density at radius 1 is 1.15 bits per heavy atom. The highest BCUT2D eigenvalue weighted by molar-refractivity contribution is 7.17. The van der Waals surface area contributed by atoms with E-state index >= 15 is 0 Å². The minimum absolute atomic E-state index is 0.269. The molecular formula is C20H25NO5S. The average Bonchev–Trinajstić information content (AvgIpc) is 2.82. The number of ether oxygens (including phenoxy) is 1. The first-order valence-electron chi connectivity index (χ1n) is 9.53. The van der Waals surface area contributed by atoms with Crippen LogP contribution in [0.3, 0.4) is 0 Å². The number of anilines is 1. The molecule has 1 heterocycles. The van der Waals surface area contributed by atoms with Gasteiger partial charge in [0.1, 0.15) is 5.00 Å². The maximum Gasteiger partial charge on any atom is 0.341 e. The average molecular weight is 391 g/mol. The van der Waals surface area contributed by atoms with E-state index in [4.69, 9.17) is 4.74 Å². The number of amides is 1. The Hall–Kier alpha value is -2.15. The molecule has 2 atom stereocenters. The lowest BCUT2D eigenvalue weighted by Gasteiger charge is -2.24. The number of carbonyl (C=O) groups excluding carboxylic acids is 2. The van der Waals surface area contributed by atoms with E-state index < -0.39 is 23.8 Å². The van der Waals surface area contributed by atoms with E-state index in [2.05, 4.69) is 5.32 Å². The fraction of sp³-hybridized carbons (Fsp3) is 0.550. The van der Waals surface area contributed by atoms with Crippen molar-refractivity contribution in [2.24, 2.45) is 11.8 Å². The minimum Gasteiger partial charge on any atom is -0.481 e. The number of hydrogen-bond donors (Lipinski definition) is 2.